The Morgan fingerprint density at radius 1 is 1.00 bits per heavy atom. The van der Waals surface area contributed by atoms with Crippen LogP contribution in [0.3, 0.4) is 0 Å². The highest BCUT2D eigenvalue weighted by atomic mass is 32.1. The molecule has 5 fully saturated rings. The summed E-state index contributed by atoms with van der Waals surface area (Å²) in [6.45, 7) is 5.30. The fraction of sp³-hybridized carbons (Fsp3) is 0.810. The molecule has 4 aliphatic carbocycles. The van der Waals surface area contributed by atoms with Gasteiger partial charge in [-0.25, -0.2) is 0 Å². The maximum atomic E-state index is 2.88. The topological polar surface area (TPSA) is 3.24 Å². The molecule has 6 rings (SSSR count). The summed E-state index contributed by atoms with van der Waals surface area (Å²) in [6.07, 6.45) is 12.0. The lowest BCUT2D eigenvalue weighted by Crippen LogP contribution is -2.64. The number of hydrogen-bond donors (Lipinski definition) is 0. The van der Waals surface area contributed by atoms with E-state index in [-0.39, 0.29) is 0 Å². The van der Waals surface area contributed by atoms with Crippen molar-refractivity contribution >= 4 is 11.3 Å². The van der Waals surface area contributed by atoms with Gasteiger partial charge in [0.1, 0.15) is 0 Å². The molecule has 1 nitrogen and oxygen atoms in total. The zero-order chi connectivity index (χ0) is 15.4. The van der Waals surface area contributed by atoms with E-state index in [0.717, 1.165) is 29.7 Å². The maximum Gasteiger partial charge on any atom is 0.0256 e. The van der Waals surface area contributed by atoms with E-state index in [9.17, 15) is 0 Å². The number of piperidine rings is 1. The zero-order valence-corrected chi connectivity index (χ0v) is 15.4. The number of nitrogens with zero attached hydrogens (tertiary/aromatic N) is 1. The van der Waals surface area contributed by atoms with Crippen molar-refractivity contribution in [1.82, 2.24) is 4.90 Å². The van der Waals surface area contributed by atoms with Gasteiger partial charge in [0.25, 0.3) is 0 Å². The van der Waals surface area contributed by atoms with Crippen molar-refractivity contribution in [1.29, 1.82) is 0 Å². The van der Waals surface area contributed by atoms with Crippen molar-refractivity contribution in [3.63, 3.8) is 0 Å². The van der Waals surface area contributed by atoms with E-state index in [0.29, 0.717) is 5.41 Å². The van der Waals surface area contributed by atoms with E-state index in [4.69, 9.17) is 0 Å². The van der Waals surface area contributed by atoms with E-state index in [2.05, 4.69) is 40.7 Å². The van der Waals surface area contributed by atoms with Crippen LogP contribution in [0.1, 0.15) is 63.2 Å². The number of thiophene rings is 1. The predicted octanol–water partition coefficient (Wildman–Crippen LogP) is 5.32. The van der Waals surface area contributed by atoms with Crippen LogP contribution in [0.5, 0.6) is 0 Å². The molecular weight excluding hydrogens is 298 g/mol. The summed E-state index contributed by atoms with van der Waals surface area (Å²) in [7, 11) is 0. The minimum atomic E-state index is 0.485. The summed E-state index contributed by atoms with van der Waals surface area (Å²) in [5.74, 6) is 4.07. The van der Waals surface area contributed by atoms with Crippen molar-refractivity contribution in [2.24, 2.45) is 23.7 Å². The van der Waals surface area contributed by atoms with Crippen molar-refractivity contribution in [2.75, 3.05) is 13.1 Å². The molecule has 4 saturated carbocycles. The summed E-state index contributed by atoms with van der Waals surface area (Å²) in [4.78, 5) is 4.62. The lowest BCUT2D eigenvalue weighted by atomic mass is 9.43. The average Bonchev–Trinajstić information content (AvgIpc) is 3.10. The Morgan fingerprint density at radius 3 is 2.22 bits per heavy atom. The van der Waals surface area contributed by atoms with Gasteiger partial charge in [0.05, 0.1) is 0 Å². The van der Waals surface area contributed by atoms with E-state index in [1.54, 1.807) is 11.3 Å². The molecule has 2 heterocycles. The quantitative estimate of drug-likeness (QED) is 0.726. The van der Waals surface area contributed by atoms with Gasteiger partial charge in [0.2, 0.25) is 0 Å². The van der Waals surface area contributed by atoms with Crippen LogP contribution in [0.15, 0.2) is 17.5 Å². The molecule has 126 valence electrons. The Balaban J connectivity index is 1.57. The first-order valence-corrected chi connectivity index (χ1v) is 10.9. The van der Waals surface area contributed by atoms with E-state index >= 15 is 0 Å². The second-order valence-electron chi connectivity index (χ2n) is 8.99. The molecule has 0 spiro atoms. The maximum absolute atomic E-state index is 2.88. The summed E-state index contributed by atoms with van der Waals surface area (Å²) in [5.41, 5.74) is 0.485. The molecule has 1 saturated heterocycles. The molecule has 1 atom stereocenters. The van der Waals surface area contributed by atoms with Crippen LogP contribution in [0.2, 0.25) is 0 Å². The molecule has 2 heteroatoms. The third-order valence-electron chi connectivity index (χ3n) is 8.07. The summed E-state index contributed by atoms with van der Waals surface area (Å²) in [5, 5.41) is 2.34. The lowest BCUT2D eigenvalue weighted by Gasteiger charge is -2.64. The minimum absolute atomic E-state index is 0.485. The third kappa shape index (κ3) is 2.13. The third-order valence-corrected chi connectivity index (χ3v) is 9.10. The fourth-order valence-corrected chi connectivity index (χ4v) is 8.56. The molecule has 1 unspecified atom stereocenters. The molecule has 4 bridgehead atoms. The van der Waals surface area contributed by atoms with Crippen molar-refractivity contribution < 1.29 is 0 Å². The highest BCUT2D eigenvalue weighted by Crippen LogP contribution is 2.65. The highest BCUT2D eigenvalue weighted by Gasteiger charge is 2.61. The largest absolute Gasteiger partial charge is 0.300 e. The van der Waals surface area contributed by atoms with Gasteiger partial charge in [-0.05, 0) is 100 Å². The first-order valence-electron chi connectivity index (χ1n) is 10.1. The summed E-state index contributed by atoms with van der Waals surface area (Å²) in [6, 6.07) is 5.56. The van der Waals surface area contributed by atoms with Gasteiger partial charge in [-0.15, -0.1) is 11.3 Å². The molecular formula is C21H31NS. The van der Waals surface area contributed by atoms with Crippen LogP contribution in [0.4, 0.5) is 0 Å². The van der Waals surface area contributed by atoms with Gasteiger partial charge in [-0.1, -0.05) is 12.5 Å². The smallest absolute Gasteiger partial charge is 0.0256 e. The number of rotatable bonds is 3. The molecule has 0 amide bonds. The molecule has 0 aromatic carbocycles. The van der Waals surface area contributed by atoms with Crippen LogP contribution in [-0.2, 0) is 5.41 Å². The van der Waals surface area contributed by atoms with E-state index in [1.165, 1.54) is 58.0 Å². The summed E-state index contributed by atoms with van der Waals surface area (Å²) >= 11 is 2.07. The van der Waals surface area contributed by atoms with Gasteiger partial charge >= 0.3 is 0 Å². The van der Waals surface area contributed by atoms with Crippen LogP contribution < -0.4 is 0 Å². The lowest BCUT2D eigenvalue weighted by molar-refractivity contribution is -0.0973. The fourth-order valence-electron chi connectivity index (χ4n) is 7.39. The van der Waals surface area contributed by atoms with Crippen LogP contribution in [-0.4, -0.2) is 24.0 Å². The molecule has 0 N–H and O–H groups in total. The monoisotopic (exact) mass is 329 g/mol. The Kier molecular flexibility index (Phi) is 3.64. The van der Waals surface area contributed by atoms with Crippen LogP contribution in [0, 0.1) is 23.7 Å². The number of hydrogen-bond acceptors (Lipinski definition) is 2. The van der Waals surface area contributed by atoms with E-state index < -0.39 is 0 Å². The van der Waals surface area contributed by atoms with Crippen LogP contribution in [0.25, 0.3) is 0 Å². The second kappa shape index (κ2) is 5.59. The zero-order valence-electron chi connectivity index (χ0n) is 14.5. The Morgan fingerprint density at radius 2 is 1.65 bits per heavy atom. The SMILES string of the molecule is CC(N1CCCCC1)C1(c2cccs2)C2CC3CC(C2)CC1C3. The minimum Gasteiger partial charge on any atom is -0.300 e. The Bertz CT molecular complexity index is 514. The standard InChI is InChI=1S/C21H31NS/c1-15(22-7-3-2-4-8-22)21(20-6-5-9-23-20)18-11-16-10-17(13-18)14-19(21)12-16/h5-6,9,15-19H,2-4,7-8,10-14H2,1H3. The molecule has 5 aliphatic rings. The van der Waals surface area contributed by atoms with E-state index in [1.807, 2.05) is 0 Å². The molecule has 1 aromatic rings. The first kappa shape index (κ1) is 15.0. The van der Waals surface area contributed by atoms with Crippen molar-refractivity contribution in [3.05, 3.63) is 22.4 Å². The van der Waals surface area contributed by atoms with Gasteiger partial charge < -0.3 is 0 Å². The van der Waals surface area contributed by atoms with Gasteiger partial charge in [0.15, 0.2) is 0 Å². The second-order valence-corrected chi connectivity index (χ2v) is 9.94. The Labute approximate surface area is 145 Å². The normalized spacial score (nSPS) is 44.6. The van der Waals surface area contributed by atoms with Gasteiger partial charge in [0, 0.05) is 16.3 Å². The van der Waals surface area contributed by atoms with Gasteiger partial charge in [-0.2, -0.15) is 0 Å². The molecule has 1 aromatic heterocycles. The average molecular weight is 330 g/mol. The first-order chi connectivity index (χ1) is 11.3. The highest BCUT2D eigenvalue weighted by molar-refractivity contribution is 7.10. The Hall–Kier alpha value is -0.340. The molecule has 1 aliphatic heterocycles. The van der Waals surface area contributed by atoms with Crippen molar-refractivity contribution in [3.8, 4) is 0 Å². The summed E-state index contributed by atoms with van der Waals surface area (Å²) < 4.78 is 0. The predicted molar refractivity (Wildman–Crippen MR) is 97.9 cm³/mol. The van der Waals surface area contributed by atoms with Crippen molar-refractivity contribution in [2.45, 2.75) is 69.7 Å². The van der Waals surface area contributed by atoms with Crippen LogP contribution >= 0.6 is 11.3 Å². The van der Waals surface area contributed by atoms with Gasteiger partial charge in [-0.3, -0.25) is 4.90 Å². The molecule has 23 heavy (non-hydrogen) atoms. The number of likely N-dealkylation sites (tertiary alicyclic amines) is 1. The molecule has 0 radical (unpaired) electrons.